The minimum atomic E-state index is 0.258. The molecule has 0 bridgehead atoms. The van der Waals surface area contributed by atoms with Crippen LogP contribution in [-0.2, 0) is 19.6 Å². The van der Waals surface area contributed by atoms with Gasteiger partial charge in [-0.1, -0.05) is 30.6 Å². The van der Waals surface area contributed by atoms with Crippen molar-refractivity contribution in [2.45, 2.75) is 33.4 Å². The average Bonchev–Trinajstić information content (AvgIpc) is 2.92. The van der Waals surface area contributed by atoms with Crippen LogP contribution < -0.4 is 10.1 Å². The first-order valence-corrected chi connectivity index (χ1v) is 7.04. The molecule has 0 saturated heterocycles. The summed E-state index contributed by atoms with van der Waals surface area (Å²) >= 11 is 6.01. The van der Waals surface area contributed by atoms with Gasteiger partial charge in [0.1, 0.15) is 5.75 Å². The van der Waals surface area contributed by atoms with Crippen molar-refractivity contribution in [2.24, 2.45) is 0 Å². The van der Waals surface area contributed by atoms with E-state index in [1.807, 2.05) is 19.1 Å². The molecule has 0 unspecified atom stereocenters. The molecule has 0 saturated carbocycles. The summed E-state index contributed by atoms with van der Waals surface area (Å²) in [6.07, 6.45) is 0.746. The minimum Gasteiger partial charge on any atom is -0.483 e. The monoisotopic (exact) mass is 295 g/mol. The first-order chi connectivity index (χ1) is 9.72. The van der Waals surface area contributed by atoms with E-state index in [0.29, 0.717) is 23.3 Å². The minimum absolute atomic E-state index is 0.258. The van der Waals surface area contributed by atoms with Gasteiger partial charge in [0, 0.05) is 23.6 Å². The molecule has 2 aromatic rings. The fourth-order valence-corrected chi connectivity index (χ4v) is 1.91. The number of hydrogen-bond acceptors (Lipinski definition) is 5. The smallest absolute Gasteiger partial charge is 0.264 e. The molecular formula is C14H18ClN3O2. The van der Waals surface area contributed by atoms with Crippen LogP contribution in [0.5, 0.6) is 5.75 Å². The van der Waals surface area contributed by atoms with Gasteiger partial charge < -0.3 is 14.6 Å². The highest BCUT2D eigenvalue weighted by Gasteiger charge is 2.08. The Kier molecular flexibility index (Phi) is 5.38. The van der Waals surface area contributed by atoms with E-state index in [1.54, 1.807) is 6.07 Å². The summed E-state index contributed by atoms with van der Waals surface area (Å²) < 4.78 is 10.8. The van der Waals surface area contributed by atoms with Crippen molar-refractivity contribution in [3.8, 4) is 5.75 Å². The molecule has 6 heteroatoms. The second-order valence-corrected chi connectivity index (χ2v) is 4.72. The molecule has 0 aliphatic carbocycles. The number of rotatable bonds is 7. The fraction of sp³-hybridized carbons (Fsp3) is 0.429. The van der Waals surface area contributed by atoms with Gasteiger partial charge in [-0.15, -0.1) is 0 Å². The van der Waals surface area contributed by atoms with Gasteiger partial charge in [0.2, 0.25) is 0 Å². The molecule has 20 heavy (non-hydrogen) atoms. The Morgan fingerprint density at radius 2 is 2.20 bits per heavy atom. The van der Waals surface area contributed by atoms with Crippen LogP contribution in [0.1, 0.15) is 31.1 Å². The van der Waals surface area contributed by atoms with E-state index in [1.165, 1.54) is 0 Å². The maximum absolute atomic E-state index is 6.01. The zero-order valence-corrected chi connectivity index (χ0v) is 12.4. The maximum Gasteiger partial charge on any atom is 0.264 e. The van der Waals surface area contributed by atoms with Gasteiger partial charge in [-0.05, 0) is 24.7 Å². The van der Waals surface area contributed by atoms with Crippen LogP contribution in [0, 0.1) is 0 Å². The van der Waals surface area contributed by atoms with E-state index in [0.717, 1.165) is 24.3 Å². The van der Waals surface area contributed by atoms with Crippen molar-refractivity contribution >= 4 is 11.6 Å². The predicted octanol–water partition coefficient (Wildman–Crippen LogP) is 2.97. The van der Waals surface area contributed by atoms with E-state index >= 15 is 0 Å². The highest BCUT2D eigenvalue weighted by atomic mass is 35.5. The van der Waals surface area contributed by atoms with Gasteiger partial charge in [0.15, 0.2) is 12.4 Å². The Morgan fingerprint density at radius 1 is 1.35 bits per heavy atom. The van der Waals surface area contributed by atoms with Crippen molar-refractivity contribution in [3.63, 3.8) is 0 Å². The summed E-state index contributed by atoms with van der Waals surface area (Å²) in [5.74, 6) is 1.94. The van der Waals surface area contributed by atoms with Crippen LogP contribution in [0.4, 0.5) is 0 Å². The Hall–Kier alpha value is -1.59. The fourth-order valence-electron chi connectivity index (χ4n) is 1.72. The second kappa shape index (κ2) is 7.26. The molecular weight excluding hydrogens is 278 g/mol. The number of aryl methyl sites for hydroxylation is 1. The third-order valence-corrected chi connectivity index (χ3v) is 3.00. The highest BCUT2D eigenvalue weighted by Crippen LogP contribution is 2.23. The molecule has 108 valence electrons. The topological polar surface area (TPSA) is 60.2 Å². The molecule has 0 aliphatic heterocycles. The molecule has 1 heterocycles. The van der Waals surface area contributed by atoms with Gasteiger partial charge in [0.25, 0.3) is 5.89 Å². The number of aromatic nitrogens is 2. The summed E-state index contributed by atoms with van der Waals surface area (Å²) in [5, 5.41) is 7.78. The standard InChI is InChI=1S/C14H18ClN3O2/c1-3-13-17-14(20-18-13)9-19-12-6-5-11(15)7-10(12)8-16-4-2/h5-7,16H,3-4,8-9H2,1-2H3. The molecule has 1 aromatic carbocycles. The number of nitrogens with zero attached hydrogens (tertiary/aromatic N) is 2. The summed E-state index contributed by atoms with van der Waals surface area (Å²) in [6.45, 7) is 5.87. The van der Waals surface area contributed by atoms with Crippen LogP contribution in [0.3, 0.4) is 0 Å². The van der Waals surface area contributed by atoms with E-state index in [-0.39, 0.29) is 6.61 Å². The molecule has 0 radical (unpaired) electrons. The van der Waals surface area contributed by atoms with Crippen molar-refractivity contribution in [2.75, 3.05) is 6.54 Å². The molecule has 0 aliphatic rings. The molecule has 5 nitrogen and oxygen atoms in total. The summed E-state index contributed by atoms with van der Waals surface area (Å²) in [5.41, 5.74) is 1.01. The number of benzene rings is 1. The number of nitrogens with one attached hydrogen (secondary N) is 1. The van der Waals surface area contributed by atoms with E-state index in [4.69, 9.17) is 20.9 Å². The second-order valence-electron chi connectivity index (χ2n) is 4.28. The Labute approximate surface area is 123 Å². The van der Waals surface area contributed by atoms with Gasteiger partial charge in [-0.25, -0.2) is 0 Å². The molecule has 0 fully saturated rings. The summed E-state index contributed by atoms with van der Waals surface area (Å²) in [7, 11) is 0. The Balaban J connectivity index is 2.04. The molecule has 1 N–H and O–H groups in total. The SMILES string of the molecule is CCNCc1cc(Cl)ccc1OCc1nc(CC)no1. The third kappa shape index (κ3) is 3.95. The van der Waals surface area contributed by atoms with Crippen molar-refractivity contribution in [1.29, 1.82) is 0 Å². The largest absolute Gasteiger partial charge is 0.483 e. The van der Waals surface area contributed by atoms with Crippen molar-refractivity contribution < 1.29 is 9.26 Å². The number of hydrogen-bond donors (Lipinski definition) is 1. The summed E-state index contributed by atoms with van der Waals surface area (Å²) in [4.78, 5) is 4.21. The normalized spacial score (nSPS) is 10.8. The van der Waals surface area contributed by atoms with Crippen LogP contribution in [0.25, 0.3) is 0 Å². The molecule has 0 atom stereocenters. The lowest BCUT2D eigenvalue weighted by Gasteiger charge is -2.10. The van der Waals surface area contributed by atoms with Gasteiger partial charge in [-0.3, -0.25) is 0 Å². The van der Waals surface area contributed by atoms with Gasteiger partial charge in [0.05, 0.1) is 0 Å². The van der Waals surface area contributed by atoms with E-state index < -0.39 is 0 Å². The van der Waals surface area contributed by atoms with E-state index in [9.17, 15) is 0 Å². The number of ether oxygens (including phenoxy) is 1. The lowest BCUT2D eigenvalue weighted by Crippen LogP contribution is -2.13. The highest BCUT2D eigenvalue weighted by molar-refractivity contribution is 6.30. The zero-order chi connectivity index (χ0) is 14.4. The Morgan fingerprint density at radius 3 is 2.90 bits per heavy atom. The predicted molar refractivity (Wildman–Crippen MR) is 76.8 cm³/mol. The van der Waals surface area contributed by atoms with Crippen LogP contribution >= 0.6 is 11.6 Å². The maximum atomic E-state index is 6.01. The van der Waals surface area contributed by atoms with Crippen LogP contribution in [-0.4, -0.2) is 16.7 Å². The Bertz CT molecular complexity index is 557. The lowest BCUT2D eigenvalue weighted by atomic mass is 10.2. The molecule has 1 aromatic heterocycles. The summed E-state index contributed by atoms with van der Waals surface area (Å²) in [6, 6.07) is 5.55. The zero-order valence-electron chi connectivity index (χ0n) is 11.6. The van der Waals surface area contributed by atoms with Crippen LogP contribution in [0.15, 0.2) is 22.7 Å². The van der Waals surface area contributed by atoms with Crippen molar-refractivity contribution in [1.82, 2.24) is 15.5 Å². The van der Waals surface area contributed by atoms with Gasteiger partial charge >= 0.3 is 0 Å². The third-order valence-electron chi connectivity index (χ3n) is 2.77. The number of halogens is 1. The lowest BCUT2D eigenvalue weighted by molar-refractivity contribution is 0.240. The quantitative estimate of drug-likeness (QED) is 0.851. The average molecular weight is 296 g/mol. The first-order valence-electron chi connectivity index (χ1n) is 6.66. The van der Waals surface area contributed by atoms with E-state index in [2.05, 4.69) is 22.4 Å². The molecule has 0 amide bonds. The van der Waals surface area contributed by atoms with Crippen molar-refractivity contribution in [3.05, 3.63) is 40.5 Å². The first kappa shape index (κ1) is 14.8. The van der Waals surface area contributed by atoms with Gasteiger partial charge in [-0.2, -0.15) is 4.98 Å². The molecule has 2 rings (SSSR count). The molecule has 0 spiro atoms. The van der Waals surface area contributed by atoms with Crippen LogP contribution in [0.2, 0.25) is 5.02 Å².